The maximum Gasteiger partial charge on any atom is 0.286 e. The average Bonchev–Trinajstić information content (AvgIpc) is 2.58. The Morgan fingerprint density at radius 2 is 1.77 bits per heavy atom. The minimum atomic E-state index is -0.0969. The van der Waals surface area contributed by atoms with E-state index in [0.717, 1.165) is 37.2 Å². The number of aryl methyl sites for hydroxylation is 2. The summed E-state index contributed by atoms with van der Waals surface area (Å²) in [5, 5.41) is 2.83. The lowest BCUT2D eigenvalue weighted by molar-refractivity contribution is -0.113. The number of nitrogens with zero attached hydrogens (tertiary/aromatic N) is 1. The molecule has 1 N–H and O–H groups in total. The van der Waals surface area contributed by atoms with Crippen LogP contribution in [-0.2, 0) is 4.79 Å². The number of carbonyl (C=O) groups excluding carboxylic acids is 2. The zero-order valence-corrected chi connectivity index (χ0v) is 18.3. The van der Waals surface area contributed by atoms with Gasteiger partial charge in [0.1, 0.15) is 0 Å². The maximum atomic E-state index is 12.4. The highest BCUT2D eigenvalue weighted by atomic mass is 79.9. The lowest BCUT2D eigenvalue weighted by Gasteiger charge is -2.13. The molecule has 2 rings (SSSR count). The van der Waals surface area contributed by atoms with Crippen molar-refractivity contribution in [1.29, 1.82) is 0 Å². The number of carbonyl (C=O) groups is 2. The van der Waals surface area contributed by atoms with Crippen LogP contribution in [0.3, 0.4) is 0 Å². The molecule has 0 aromatic heterocycles. The lowest BCUT2D eigenvalue weighted by Crippen LogP contribution is -2.17. The van der Waals surface area contributed by atoms with Crippen LogP contribution in [0.15, 0.2) is 50.7 Å². The van der Waals surface area contributed by atoms with Crippen molar-refractivity contribution in [2.24, 2.45) is 0 Å². The first-order chi connectivity index (χ1) is 12.3. The second-order valence-corrected chi connectivity index (χ2v) is 8.83. The van der Waals surface area contributed by atoms with Gasteiger partial charge in [-0.15, -0.1) is 11.8 Å². The van der Waals surface area contributed by atoms with Crippen LogP contribution in [0.4, 0.5) is 10.5 Å². The molecule has 2 aromatic carbocycles. The highest BCUT2D eigenvalue weighted by Crippen LogP contribution is 2.30. The van der Waals surface area contributed by atoms with Gasteiger partial charge in [-0.2, -0.15) is 0 Å². The van der Waals surface area contributed by atoms with Gasteiger partial charge in [0.15, 0.2) is 0 Å². The van der Waals surface area contributed by atoms with Crippen LogP contribution in [0.25, 0.3) is 0 Å². The molecule has 0 unspecified atom stereocenters. The third-order valence-electron chi connectivity index (χ3n) is 3.54. The summed E-state index contributed by atoms with van der Waals surface area (Å²) in [6.07, 6.45) is 0. The molecule has 0 spiro atoms. The number of rotatable bonds is 5. The lowest BCUT2D eigenvalue weighted by atomic mass is 10.2. The Kier molecular flexibility index (Phi) is 7.61. The number of amides is 2. The van der Waals surface area contributed by atoms with Crippen LogP contribution < -0.4 is 5.32 Å². The smallest absolute Gasteiger partial charge is 0.286 e. The van der Waals surface area contributed by atoms with E-state index in [1.54, 1.807) is 14.1 Å². The standard InChI is InChI=1S/C19H21BrN2O2S2/c1-12-10-17(13(2)9-14(12)20)25-11-18(23)21-15-7-5-6-8-16(15)26-19(24)22(3)4/h5-10H,11H2,1-4H3,(H,21,23). The Bertz CT molecular complexity index is 825. The SMILES string of the molecule is Cc1cc(SCC(=O)Nc2ccccc2SC(=O)N(C)C)c(C)cc1Br. The molecule has 0 aliphatic heterocycles. The van der Waals surface area contributed by atoms with Crippen LogP contribution in [0.5, 0.6) is 0 Å². The summed E-state index contributed by atoms with van der Waals surface area (Å²) in [6.45, 7) is 4.06. The van der Waals surface area contributed by atoms with E-state index < -0.39 is 0 Å². The molecule has 0 aliphatic carbocycles. The predicted octanol–water partition coefficient (Wildman–Crippen LogP) is 5.57. The van der Waals surface area contributed by atoms with Crippen molar-refractivity contribution in [1.82, 2.24) is 4.90 Å². The average molecular weight is 453 g/mol. The monoisotopic (exact) mass is 452 g/mol. The molecule has 0 saturated carbocycles. The molecule has 26 heavy (non-hydrogen) atoms. The predicted molar refractivity (Wildman–Crippen MR) is 114 cm³/mol. The molecule has 0 radical (unpaired) electrons. The molecule has 0 heterocycles. The Labute approximate surface area is 171 Å². The van der Waals surface area contributed by atoms with E-state index in [0.29, 0.717) is 11.4 Å². The van der Waals surface area contributed by atoms with Crippen molar-refractivity contribution in [2.45, 2.75) is 23.6 Å². The first-order valence-corrected chi connectivity index (χ1v) is 10.5. The van der Waals surface area contributed by atoms with Crippen LogP contribution in [0, 0.1) is 13.8 Å². The molecular weight excluding hydrogens is 432 g/mol. The Morgan fingerprint density at radius 1 is 1.08 bits per heavy atom. The zero-order chi connectivity index (χ0) is 19.3. The van der Waals surface area contributed by atoms with Gasteiger partial charge in [-0.1, -0.05) is 28.1 Å². The summed E-state index contributed by atoms with van der Waals surface area (Å²) in [7, 11) is 3.41. The summed E-state index contributed by atoms with van der Waals surface area (Å²) in [6, 6.07) is 11.5. The van der Waals surface area contributed by atoms with Crippen molar-refractivity contribution in [3.8, 4) is 0 Å². The number of nitrogens with one attached hydrogen (secondary N) is 1. The van der Waals surface area contributed by atoms with Crippen molar-refractivity contribution in [3.05, 3.63) is 52.0 Å². The second-order valence-electron chi connectivity index (χ2n) is 5.96. The largest absolute Gasteiger partial charge is 0.339 e. The number of para-hydroxylation sites is 1. The van der Waals surface area contributed by atoms with Crippen molar-refractivity contribution in [3.63, 3.8) is 0 Å². The van der Waals surface area contributed by atoms with Crippen molar-refractivity contribution >= 4 is 56.3 Å². The van der Waals surface area contributed by atoms with E-state index >= 15 is 0 Å². The molecule has 0 fully saturated rings. The fourth-order valence-corrected chi connectivity index (χ4v) is 4.19. The van der Waals surface area contributed by atoms with Gasteiger partial charge in [-0.25, -0.2) is 0 Å². The van der Waals surface area contributed by atoms with E-state index in [4.69, 9.17) is 0 Å². The summed E-state index contributed by atoms with van der Waals surface area (Å²) in [5.41, 5.74) is 2.93. The third kappa shape index (κ3) is 5.79. The molecule has 0 bridgehead atoms. The minimum Gasteiger partial charge on any atom is -0.339 e. The first-order valence-electron chi connectivity index (χ1n) is 7.95. The highest BCUT2D eigenvalue weighted by molar-refractivity contribution is 9.10. The number of hydrogen-bond donors (Lipinski definition) is 1. The normalized spacial score (nSPS) is 10.5. The minimum absolute atomic E-state index is 0.0814. The quantitative estimate of drug-likeness (QED) is 0.602. The van der Waals surface area contributed by atoms with E-state index in [-0.39, 0.29) is 11.1 Å². The Balaban J connectivity index is 2.02. The number of benzene rings is 2. The van der Waals surface area contributed by atoms with Crippen LogP contribution in [0.2, 0.25) is 0 Å². The van der Waals surface area contributed by atoms with Gasteiger partial charge >= 0.3 is 0 Å². The van der Waals surface area contributed by atoms with E-state index in [1.165, 1.54) is 16.7 Å². The second kappa shape index (κ2) is 9.48. The number of anilines is 1. The van der Waals surface area contributed by atoms with E-state index in [1.807, 2.05) is 38.1 Å². The van der Waals surface area contributed by atoms with Gasteiger partial charge in [-0.3, -0.25) is 9.59 Å². The van der Waals surface area contributed by atoms with E-state index in [2.05, 4.69) is 33.4 Å². The number of hydrogen-bond acceptors (Lipinski definition) is 4. The zero-order valence-electron chi connectivity index (χ0n) is 15.1. The van der Waals surface area contributed by atoms with Crippen LogP contribution in [0.1, 0.15) is 11.1 Å². The molecule has 0 saturated heterocycles. The summed E-state index contributed by atoms with van der Waals surface area (Å²) in [5.74, 6) is 0.211. The molecule has 7 heteroatoms. The number of halogens is 1. The summed E-state index contributed by atoms with van der Waals surface area (Å²) >= 11 is 6.13. The molecular formula is C19H21BrN2O2S2. The van der Waals surface area contributed by atoms with Crippen LogP contribution >= 0.6 is 39.5 Å². The summed E-state index contributed by atoms with van der Waals surface area (Å²) < 4.78 is 1.07. The number of thioether (sulfide) groups is 2. The highest BCUT2D eigenvalue weighted by Gasteiger charge is 2.13. The molecule has 2 amide bonds. The van der Waals surface area contributed by atoms with Gasteiger partial charge in [0.2, 0.25) is 5.91 Å². The first kappa shape index (κ1) is 20.9. The van der Waals surface area contributed by atoms with Crippen molar-refractivity contribution < 1.29 is 9.59 Å². The molecule has 2 aromatic rings. The van der Waals surface area contributed by atoms with Crippen molar-refractivity contribution in [2.75, 3.05) is 25.2 Å². The Morgan fingerprint density at radius 3 is 2.46 bits per heavy atom. The summed E-state index contributed by atoms with van der Waals surface area (Å²) in [4.78, 5) is 27.6. The van der Waals surface area contributed by atoms with Gasteiger partial charge in [-0.05, 0) is 61.0 Å². The molecule has 0 atom stereocenters. The van der Waals surface area contributed by atoms with Gasteiger partial charge < -0.3 is 10.2 Å². The van der Waals surface area contributed by atoms with Gasteiger partial charge in [0, 0.05) is 28.4 Å². The fourth-order valence-electron chi connectivity index (χ4n) is 2.08. The molecule has 4 nitrogen and oxygen atoms in total. The van der Waals surface area contributed by atoms with E-state index in [9.17, 15) is 9.59 Å². The maximum absolute atomic E-state index is 12.4. The van der Waals surface area contributed by atoms with Gasteiger partial charge in [0.25, 0.3) is 5.24 Å². The Hall–Kier alpha value is -1.44. The van der Waals surface area contributed by atoms with Gasteiger partial charge in [0.05, 0.1) is 11.4 Å². The van der Waals surface area contributed by atoms with Crippen LogP contribution in [-0.4, -0.2) is 35.9 Å². The molecule has 138 valence electrons. The topological polar surface area (TPSA) is 49.4 Å². The molecule has 0 aliphatic rings. The third-order valence-corrected chi connectivity index (χ3v) is 6.67. The fraction of sp³-hybridized carbons (Fsp3) is 0.263.